The zero-order chi connectivity index (χ0) is 14.3. The SMILES string of the molecule is NC(=O)CS(=O)(=O)CCCCC[n+]1ccc(N)cc1. The summed E-state index contributed by atoms with van der Waals surface area (Å²) in [5.74, 6) is -1.33. The van der Waals surface area contributed by atoms with E-state index in [2.05, 4.69) is 0 Å². The molecule has 0 atom stereocenters. The minimum absolute atomic E-state index is 0.0162. The van der Waals surface area contributed by atoms with E-state index < -0.39 is 21.5 Å². The van der Waals surface area contributed by atoms with Crippen LogP contribution in [0.5, 0.6) is 0 Å². The van der Waals surface area contributed by atoms with E-state index in [0.29, 0.717) is 12.1 Å². The molecule has 19 heavy (non-hydrogen) atoms. The molecule has 7 heteroatoms. The molecule has 0 saturated heterocycles. The summed E-state index contributed by atoms with van der Waals surface area (Å²) in [6.07, 6.45) is 5.99. The number of unbranched alkanes of at least 4 members (excludes halogenated alkanes) is 2. The highest BCUT2D eigenvalue weighted by atomic mass is 32.2. The normalized spacial score (nSPS) is 11.4. The molecule has 0 spiro atoms. The van der Waals surface area contributed by atoms with Crippen LogP contribution in [0.4, 0.5) is 5.69 Å². The predicted octanol–water partition coefficient (Wildman–Crippen LogP) is -0.373. The summed E-state index contributed by atoms with van der Waals surface area (Å²) < 4.78 is 24.8. The molecule has 0 aromatic carbocycles. The molecule has 0 aliphatic rings. The highest BCUT2D eigenvalue weighted by molar-refractivity contribution is 7.92. The van der Waals surface area contributed by atoms with Crippen molar-refractivity contribution in [1.82, 2.24) is 0 Å². The van der Waals surface area contributed by atoms with E-state index in [9.17, 15) is 13.2 Å². The van der Waals surface area contributed by atoms with Crippen molar-refractivity contribution >= 4 is 21.4 Å². The molecule has 1 aromatic rings. The van der Waals surface area contributed by atoms with E-state index in [1.807, 2.05) is 29.1 Å². The lowest BCUT2D eigenvalue weighted by molar-refractivity contribution is -0.697. The molecular weight excluding hydrogens is 266 g/mol. The number of primary amides is 1. The van der Waals surface area contributed by atoms with Crippen molar-refractivity contribution in [2.24, 2.45) is 5.73 Å². The molecule has 1 rings (SSSR count). The zero-order valence-electron chi connectivity index (χ0n) is 10.8. The lowest BCUT2D eigenvalue weighted by atomic mass is 10.2. The highest BCUT2D eigenvalue weighted by Crippen LogP contribution is 2.01. The molecule has 4 N–H and O–H groups in total. The van der Waals surface area contributed by atoms with Crippen molar-refractivity contribution < 1.29 is 17.8 Å². The minimum Gasteiger partial charge on any atom is -0.398 e. The van der Waals surface area contributed by atoms with E-state index >= 15 is 0 Å². The topological polar surface area (TPSA) is 107 Å². The van der Waals surface area contributed by atoms with Crippen molar-refractivity contribution in [3.8, 4) is 0 Å². The summed E-state index contributed by atoms with van der Waals surface area (Å²) in [4.78, 5) is 10.5. The van der Waals surface area contributed by atoms with Gasteiger partial charge in [-0.3, -0.25) is 4.79 Å². The van der Waals surface area contributed by atoms with Gasteiger partial charge in [0.05, 0.1) is 5.75 Å². The van der Waals surface area contributed by atoms with Gasteiger partial charge in [-0.1, -0.05) is 0 Å². The van der Waals surface area contributed by atoms with Crippen LogP contribution in [0.15, 0.2) is 24.5 Å². The standard InChI is InChI=1S/C12H19N3O3S/c13-11-4-7-15(8-5-11)6-2-1-3-9-19(17,18)10-12(14)16/h4-5,7-8,13H,1-3,6,9-10H2,(H2,14,16)/p+1. The van der Waals surface area contributed by atoms with E-state index in [4.69, 9.17) is 11.5 Å². The number of hydrogen-bond donors (Lipinski definition) is 2. The van der Waals surface area contributed by atoms with Gasteiger partial charge in [-0.25, -0.2) is 13.0 Å². The number of nitrogen functional groups attached to an aromatic ring is 1. The maximum atomic E-state index is 11.4. The van der Waals surface area contributed by atoms with Crippen LogP contribution in [0.25, 0.3) is 0 Å². The quantitative estimate of drug-likeness (QED) is 0.502. The maximum absolute atomic E-state index is 11.4. The monoisotopic (exact) mass is 286 g/mol. The molecule has 0 unspecified atom stereocenters. The molecule has 0 fully saturated rings. The van der Waals surface area contributed by atoms with Crippen LogP contribution in [-0.2, 0) is 21.2 Å². The first-order valence-corrected chi connectivity index (χ1v) is 7.94. The molecule has 1 amide bonds. The number of hydrogen-bond acceptors (Lipinski definition) is 4. The maximum Gasteiger partial charge on any atom is 0.232 e. The van der Waals surface area contributed by atoms with Gasteiger partial charge >= 0.3 is 0 Å². The van der Waals surface area contributed by atoms with Gasteiger partial charge in [0, 0.05) is 24.2 Å². The Balaban J connectivity index is 2.21. The zero-order valence-corrected chi connectivity index (χ0v) is 11.6. The average Bonchev–Trinajstić information content (AvgIpc) is 2.29. The van der Waals surface area contributed by atoms with Gasteiger partial charge in [0.15, 0.2) is 22.2 Å². The minimum atomic E-state index is -3.33. The van der Waals surface area contributed by atoms with Gasteiger partial charge in [0.2, 0.25) is 5.91 Å². The number of aryl methyl sites for hydroxylation is 1. The second-order valence-corrected chi connectivity index (χ2v) is 6.67. The van der Waals surface area contributed by atoms with Gasteiger partial charge in [-0.15, -0.1) is 0 Å². The fraction of sp³-hybridized carbons (Fsp3) is 0.500. The van der Waals surface area contributed by atoms with E-state index in [-0.39, 0.29) is 5.75 Å². The summed E-state index contributed by atoms with van der Waals surface area (Å²) in [5.41, 5.74) is 11.2. The molecule has 1 aromatic heterocycles. The lowest BCUT2D eigenvalue weighted by Crippen LogP contribution is -2.32. The highest BCUT2D eigenvalue weighted by Gasteiger charge is 2.13. The van der Waals surface area contributed by atoms with Crippen molar-refractivity contribution in [3.05, 3.63) is 24.5 Å². The second-order valence-electron chi connectivity index (χ2n) is 4.49. The largest absolute Gasteiger partial charge is 0.398 e. The van der Waals surface area contributed by atoms with E-state index in [1.54, 1.807) is 0 Å². The number of amides is 1. The molecule has 0 bridgehead atoms. The van der Waals surface area contributed by atoms with Gasteiger partial charge in [0.1, 0.15) is 12.3 Å². The number of pyridine rings is 1. The fourth-order valence-electron chi connectivity index (χ4n) is 1.70. The third-order valence-electron chi connectivity index (χ3n) is 2.65. The number of rotatable bonds is 8. The average molecular weight is 286 g/mol. The van der Waals surface area contributed by atoms with Gasteiger partial charge in [-0.2, -0.15) is 0 Å². The van der Waals surface area contributed by atoms with Crippen LogP contribution < -0.4 is 16.0 Å². The van der Waals surface area contributed by atoms with Crippen molar-refractivity contribution in [2.45, 2.75) is 25.8 Å². The summed E-state index contributed by atoms with van der Waals surface area (Å²) >= 11 is 0. The summed E-state index contributed by atoms with van der Waals surface area (Å²) in [6, 6.07) is 3.63. The molecule has 0 aliphatic heterocycles. The molecular formula is C12H20N3O3S+. The number of carbonyl (C=O) groups excluding carboxylic acids is 1. The number of aromatic nitrogens is 1. The summed E-state index contributed by atoms with van der Waals surface area (Å²) in [6.45, 7) is 0.816. The van der Waals surface area contributed by atoms with Crippen molar-refractivity contribution in [3.63, 3.8) is 0 Å². The lowest BCUT2D eigenvalue weighted by Gasteiger charge is -2.01. The third-order valence-corrected chi connectivity index (χ3v) is 4.29. The molecule has 1 heterocycles. The first-order chi connectivity index (χ1) is 8.89. The smallest absolute Gasteiger partial charge is 0.232 e. The molecule has 0 aliphatic carbocycles. The summed E-state index contributed by atoms with van der Waals surface area (Å²) in [5, 5.41) is 0. The number of nitrogens with zero attached hydrogens (tertiary/aromatic N) is 1. The Bertz CT molecular complexity index is 512. The van der Waals surface area contributed by atoms with Gasteiger partial charge in [-0.05, 0) is 12.8 Å². The molecule has 0 saturated carbocycles. The van der Waals surface area contributed by atoms with E-state index in [0.717, 1.165) is 19.4 Å². The number of anilines is 1. The molecule has 106 valence electrons. The van der Waals surface area contributed by atoms with Crippen molar-refractivity contribution in [1.29, 1.82) is 0 Å². The van der Waals surface area contributed by atoms with Crippen LogP contribution >= 0.6 is 0 Å². The van der Waals surface area contributed by atoms with Crippen molar-refractivity contribution in [2.75, 3.05) is 17.2 Å². The number of nitrogens with two attached hydrogens (primary N) is 2. The van der Waals surface area contributed by atoms with E-state index in [1.165, 1.54) is 0 Å². The Morgan fingerprint density at radius 3 is 2.37 bits per heavy atom. The second kappa shape index (κ2) is 7.08. The van der Waals surface area contributed by atoms with Crippen LogP contribution in [0, 0.1) is 0 Å². The third kappa shape index (κ3) is 6.76. The number of carbonyl (C=O) groups is 1. The predicted molar refractivity (Wildman–Crippen MR) is 72.7 cm³/mol. The Morgan fingerprint density at radius 2 is 1.79 bits per heavy atom. The number of sulfone groups is 1. The fourth-order valence-corrected chi connectivity index (χ4v) is 2.92. The first kappa shape index (κ1) is 15.4. The van der Waals surface area contributed by atoms with Crippen LogP contribution in [-0.4, -0.2) is 25.8 Å². The van der Waals surface area contributed by atoms with Crippen LogP contribution in [0.1, 0.15) is 19.3 Å². The van der Waals surface area contributed by atoms with Crippen LogP contribution in [0.2, 0.25) is 0 Å². The Morgan fingerprint density at radius 1 is 1.16 bits per heavy atom. The van der Waals surface area contributed by atoms with Gasteiger partial charge < -0.3 is 11.5 Å². The first-order valence-electron chi connectivity index (χ1n) is 6.12. The Labute approximate surface area is 113 Å². The summed E-state index contributed by atoms with van der Waals surface area (Å²) in [7, 11) is -3.33. The van der Waals surface area contributed by atoms with Crippen LogP contribution in [0.3, 0.4) is 0 Å². The molecule has 0 radical (unpaired) electrons. The Kier molecular flexibility index (Phi) is 5.75. The van der Waals surface area contributed by atoms with Gasteiger partial charge in [0.25, 0.3) is 0 Å². The Hall–Kier alpha value is -1.63. The molecule has 6 nitrogen and oxygen atoms in total.